The second kappa shape index (κ2) is 11.2. The summed E-state index contributed by atoms with van der Waals surface area (Å²) in [5, 5.41) is 6.56. The minimum absolute atomic E-state index is 0.0626. The van der Waals surface area contributed by atoms with Gasteiger partial charge in [-0.2, -0.15) is 0 Å². The molecule has 2 amide bonds. The predicted octanol–water partition coefficient (Wildman–Crippen LogP) is 4.21. The van der Waals surface area contributed by atoms with Crippen molar-refractivity contribution in [2.75, 3.05) is 5.75 Å². The van der Waals surface area contributed by atoms with Crippen molar-refractivity contribution >= 4 is 23.6 Å². The normalized spacial score (nSPS) is 10.5. The van der Waals surface area contributed by atoms with Crippen LogP contribution in [0.3, 0.4) is 0 Å². The van der Waals surface area contributed by atoms with Crippen molar-refractivity contribution in [2.45, 2.75) is 18.2 Å². The zero-order chi connectivity index (χ0) is 22.9. The van der Waals surface area contributed by atoms with Crippen LogP contribution >= 0.6 is 11.8 Å². The third-order valence-electron chi connectivity index (χ3n) is 4.95. The first-order valence-electron chi connectivity index (χ1n) is 10.6. The molecule has 166 valence electrons. The number of rotatable bonds is 9. The molecular weight excluding hydrogens is 432 g/mol. The molecule has 4 aromatic rings. The Kier molecular flexibility index (Phi) is 7.56. The van der Waals surface area contributed by atoms with E-state index in [-0.39, 0.29) is 17.6 Å². The molecule has 4 rings (SSSR count). The summed E-state index contributed by atoms with van der Waals surface area (Å²) >= 11 is 1.35. The quantitative estimate of drug-likeness (QED) is 0.370. The SMILES string of the molecule is O=C(CSc1nccn1-c1cccc(C(=O)NCc2ccccc2)c1)NCc1ccccc1. The molecule has 1 heterocycles. The molecule has 2 N–H and O–H groups in total. The van der Waals surface area contributed by atoms with Crippen LogP contribution in [0.15, 0.2) is 102 Å². The van der Waals surface area contributed by atoms with Gasteiger partial charge in [0.1, 0.15) is 0 Å². The van der Waals surface area contributed by atoms with E-state index in [2.05, 4.69) is 15.6 Å². The fraction of sp³-hybridized carbons (Fsp3) is 0.115. The number of carbonyl (C=O) groups is 2. The lowest BCUT2D eigenvalue weighted by atomic mass is 10.1. The number of benzene rings is 3. The summed E-state index contributed by atoms with van der Waals surface area (Å²) < 4.78 is 1.88. The molecular formula is C26H24N4O2S. The molecule has 0 aliphatic rings. The lowest BCUT2D eigenvalue weighted by Crippen LogP contribution is -2.24. The average Bonchev–Trinajstić information content (AvgIpc) is 3.35. The van der Waals surface area contributed by atoms with Gasteiger partial charge in [-0.05, 0) is 29.3 Å². The Morgan fingerprint density at radius 2 is 1.48 bits per heavy atom. The van der Waals surface area contributed by atoms with Crippen molar-refractivity contribution in [3.8, 4) is 5.69 Å². The van der Waals surface area contributed by atoms with Crippen molar-refractivity contribution in [3.63, 3.8) is 0 Å². The van der Waals surface area contributed by atoms with E-state index in [4.69, 9.17) is 0 Å². The Labute approximate surface area is 197 Å². The van der Waals surface area contributed by atoms with Crippen LogP contribution in [0.25, 0.3) is 5.69 Å². The largest absolute Gasteiger partial charge is 0.351 e. The van der Waals surface area contributed by atoms with Crippen LogP contribution in [0.1, 0.15) is 21.5 Å². The minimum Gasteiger partial charge on any atom is -0.351 e. The number of imidazole rings is 1. The fourth-order valence-electron chi connectivity index (χ4n) is 3.25. The first-order valence-corrected chi connectivity index (χ1v) is 11.6. The highest BCUT2D eigenvalue weighted by molar-refractivity contribution is 7.99. The molecule has 0 saturated carbocycles. The van der Waals surface area contributed by atoms with Crippen molar-refractivity contribution < 1.29 is 9.59 Å². The molecule has 1 aromatic heterocycles. The lowest BCUT2D eigenvalue weighted by Gasteiger charge is -2.10. The molecule has 0 radical (unpaired) electrons. The topological polar surface area (TPSA) is 76.0 Å². The van der Waals surface area contributed by atoms with Gasteiger partial charge in [0.2, 0.25) is 5.91 Å². The first kappa shape index (κ1) is 22.4. The molecule has 0 aliphatic heterocycles. The number of aromatic nitrogens is 2. The predicted molar refractivity (Wildman–Crippen MR) is 130 cm³/mol. The Morgan fingerprint density at radius 3 is 2.18 bits per heavy atom. The highest BCUT2D eigenvalue weighted by atomic mass is 32.2. The Morgan fingerprint density at radius 1 is 0.818 bits per heavy atom. The van der Waals surface area contributed by atoms with Crippen LogP contribution in [-0.4, -0.2) is 27.1 Å². The van der Waals surface area contributed by atoms with E-state index >= 15 is 0 Å². The standard InChI is InChI=1S/C26H24N4O2S/c31-24(28-17-20-8-3-1-4-9-20)19-33-26-27-14-15-30(26)23-13-7-12-22(16-23)25(32)29-18-21-10-5-2-6-11-21/h1-16H,17-19H2,(H,28,31)(H,29,32). The third kappa shape index (κ3) is 6.33. The van der Waals surface area contributed by atoms with Crippen molar-refractivity contribution in [1.29, 1.82) is 0 Å². The third-order valence-corrected chi connectivity index (χ3v) is 5.92. The minimum atomic E-state index is -0.143. The van der Waals surface area contributed by atoms with E-state index in [0.717, 1.165) is 16.8 Å². The summed E-state index contributed by atoms with van der Waals surface area (Å²) in [7, 11) is 0. The summed E-state index contributed by atoms with van der Waals surface area (Å²) in [5.41, 5.74) is 3.47. The maximum atomic E-state index is 12.6. The molecule has 0 unspecified atom stereocenters. The van der Waals surface area contributed by atoms with E-state index in [1.165, 1.54) is 11.8 Å². The fourth-order valence-corrected chi connectivity index (χ4v) is 4.05. The number of hydrogen-bond acceptors (Lipinski definition) is 4. The lowest BCUT2D eigenvalue weighted by molar-refractivity contribution is -0.118. The van der Waals surface area contributed by atoms with Crippen molar-refractivity contribution in [1.82, 2.24) is 20.2 Å². The van der Waals surface area contributed by atoms with Crippen LogP contribution in [0.2, 0.25) is 0 Å². The Hall–Kier alpha value is -3.84. The smallest absolute Gasteiger partial charge is 0.251 e. The van der Waals surface area contributed by atoms with Gasteiger partial charge in [-0.3, -0.25) is 14.2 Å². The van der Waals surface area contributed by atoms with Crippen LogP contribution in [0.4, 0.5) is 0 Å². The van der Waals surface area contributed by atoms with Crippen LogP contribution in [0.5, 0.6) is 0 Å². The number of thioether (sulfide) groups is 1. The summed E-state index contributed by atoms with van der Waals surface area (Å²) in [6, 6.07) is 26.9. The zero-order valence-electron chi connectivity index (χ0n) is 18.0. The van der Waals surface area contributed by atoms with Gasteiger partial charge in [-0.1, -0.05) is 78.5 Å². The average molecular weight is 457 g/mol. The monoisotopic (exact) mass is 456 g/mol. The molecule has 0 saturated heterocycles. The van der Waals surface area contributed by atoms with Gasteiger partial charge in [0.15, 0.2) is 5.16 Å². The number of amides is 2. The van der Waals surface area contributed by atoms with E-state index in [0.29, 0.717) is 23.8 Å². The maximum Gasteiger partial charge on any atom is 0.251 e. The number of carbonyl (C=O) groups excluding carboxylic acids is 2. The van der Waals surface area contributed by atoms with Gasteiger partial charge >= 0.3 is 0 Å². The molecule has 0 atom stereocenters. The summed E-state index contributed by atoms with van der Waals surface area (Å²) in [4.78, 5) is 29.3. The zero-order valence-corrected chi connectivity index (χ0v) is 18.8. The number of hydrogen-bond donors (Lipinski definition) is 2. The van der Waals surface area contributed by atoms with Crippen molar-refractivity contribution in [3.05, 3.63) is 114 Å². The second-order valence-electron chi connectivity index (χ2n) is 7.35. The van der Waals surface area contributed by atoms with Crippen LogP contribution < -0.4 is 10.6 Å². The first-order chi connectivity index (χ1) is 16.2. The summed E-state index contributed by atoms with van der Waals surface area (Å²) in [5.74, 6) is 0.0453. The van der Waals surface area contributed by atoms with Gasteiger partial charge in [0, 0.05) is 36.7 Å². The van der Waals surface area contributed by atoms with Gasteiger partial charge in [-0.15, -0.1) is 0 Å². The highest BCUT2D eigenvalue weighted by Gasteiger charge is 2.12. The van der Waals surface area contributed by atoms with E-state index in [9.17, 15) is 9.59 Å². The molecule has 0 spiro atoms. The molecule has 0 aliphatic carbocycles. The van der Waals surface area contributed by atoms with E-state index < -0.39 is 0 Å². The second-order valence-corrected chi connectivity index (χ2v) is 8.29. The Balaban J connectivity index is 1.35. The van der Waals surface area contributed by atoms with E-state index in [1.54, 1.807) is 12.3 Å². The van der Waals surface area contributed by atoms with Gasteiger partial charge < -0.3 is 10.6 Å². The highest BCUT2D eigenvalue weighted by Crippen LogP contribution is 2.21. The van der Waals surface area contributed by atoms with Crippen molar-refractivity contribution in [2.24, 2.45) is 0 Å². The molecule has 7 heteroatoms. The van der Waals surface area contributed by atoms with Crippen LogP contribution in [-0.2, 0) is 17.9 Å². The van der Waals surface area contributed by atoms with Gasteiger partial charge in [-0.25, -0.2) is 4.98 Å². The molecule has 33 heavy (non-hydrogen) atoms. The number of nitrogens with zero attached hydrogens (tertiary/aromatic N) is 2. The maximum absolute atomic E-state index is 12.6. The summed E-state index contributed by atoms with van der Waals surface area (Å²) in [6.45, 7) is 0.961. The molecule has 3 aromatic carbocycles. The number of nitrogens with one attached hydrogen (secondary N) is 2. The van der Waals surface area contributed by atoms with E-state index in [1.807, 2.05) is 89.6 Å². The van der Waals surface area contributed by atoms with Crippen LogP contribution in [0, 0.1) is 0 Å². The summed E-state index contributed by atoms with van der Waals surface area (Å²) in [6.07, 6.45) is 3.51. The molecule has 6 nitrogen and oxygen atoms in total. The molecule has 0 bridgehead atoms. The van der Waals surface area contributed by atoms with Gasteiger partial charge in [0.25, 0.3) is 5.91 Å². The molecule has 0 fully saturated rings. The Bertz CT molecular complexity index is 1210. The van der Waals surface area contributed by atoms with Gasteiger partial charge in [0.05, 0.1) is 5.75 Å².